The van der Waals surface area contributed by atoms with Crippen molar-refractivity contribution < 1.29 is 27.0 Å². The number of halogens is 4. The fraction of sp³-hybridized carbons (Fsp3) is 0.174. The summed E-state index contributed by atoms with van der Waals surface area (Å²) < 4.78 is 62.2. The monoisotopic (exact) mass is 432 g/mol. The number of hydrogen-bond acceptors (Lipinski definition) is 4. The van der Waals surface area contributed by atoms with E-state index in [1.807, 2.05) is 6.92 Å². The lowest BCUT2D eigenvalue weighted by molar-refractivity contribution is -0.137. The van der Waals surface area contributed by atoms with Crippen molar-refractivity contribution in [2.45, 2.75) is 19.7 Å². The summed E-state index contributed by atoms with van der Waals surface area (Å²) in [6.07, 6.45) is -2.86. The lowest BCUT2D eigenvalue weighted by Gasteiger charge is -2.12. The van der Waals surface area contributed by atoms with Crippen LogP contribution in [0.15, 0.2) is 71.8 Å². The first-order chi connectivity index (χ1) is 14.8. The normalized spacial score (nSPS) is 11.5. The van der Waals surface area contributed by atoms with Crippen molar-refractivity contribution in [3.05, 3.63) is 89.2 Å². The van der Waals surface area contributed by atoms with Crippen molar-refractivity contribution in [1.29, 1.82) is 0 Å². The summed E-state index contributed by atoms with van der Waals surface area (Å²) in [5.41, 5.74) is 3.91. The molecule has 8 heteroatoms. The fourth-order valence-corrected chi connectivity index (χ4v) is 2.65. The van der Waals surface area contributed by atoms with Gasteiger partial charge in [-0.15, -0.1) is 0 Å². The Bertz CT molecular complexity index is 1020. The van der Waals surface area contributed by atoms with E-state index in [9.17, 15) is 17.6 Å². The molecule has 3 aromatic carbocycles. The summed E-state index contributed by atoms with van der Waals surface area (Å²) in [4.78, 5) is 0. The highest BCUT2D eigenvalue weighted by Crippen LogP contribution is 2.30. The van der Waals surface area contributed by atoms with E-state index >= 15 is 0 Å². The Labute approximate surface area is 177 Å². The summed E-state index contributed by atoms with van der Waals surface area (Å²) in [5, 5.41) is 4.05. The molecule has 3 aromatic rings. The van der Waals surface area contributed by atoms with E-state index in [1.54, 1.807) is 30.3 Å². The van der Waals surface area contributed by atoms with Gasteiger partial charge in [-0.05, 0) is 72.6 Å². The highest BCUT2D eigenvalue weighted by atomic mass is 19.4. The molecule has 0 aromatic heterocycles. The Morgan fingerprint density at radius 3 is 2.26 bits per heavy atom. The Kier molecular flexibility index (Phi) is 7.12. The average Bonchev–Trinajstić information content (AvgIpc) is 2.74. The molecule has 0 aliphatic heterocycles. The van der Waals surface area contributed by atoms with Crippen LogP contribution in [-0.4, -0.2) is 12.8 Å². The number of alkyl halides is 3. The van der Waals surface area contributed by atoms with Crippen molar-refractivity contribution in [1.82, 2.24) is 0 Å². The first-order valence-electron chi connectivity index (χ1n) is 9.45. The van der Waals surface area contributed by atoms with E-state index < -0.39 is 11.7 Å². The largest absolute Gasteiger partial charge is 0.490 e. The Balaban J connectivity index is 1.64. The maximum Gasteiger partial charge on any atom is 0.416 e. The third kappa shape index (κ3) is 6.47. The van der Waals surface area contributed by atoms with E-state index in [0.29, 0.717) is 29.4 Å². The molecule has 0 heterocycles. The quantitative estimate of drug-likeness (QED) is 0.259. The van der Waals surface area contributed by atoms with E-state index in [4.69, 9.17) is 9.47 Å². The standard InChI is InChI=1S/C23H20F4N2O2/c1-2-30-22-13-17(5-12-21(22)31-15-16-3-8-19(24)9-4-16)14-28-29-20-10-6-18(7-11-20)23(25,26)27/h3-14,29H,2,15H2,1H3/b28-14+. The van der Waals surface area contributed by atoms with E-state index in [1.165, 1.54) is 30.5 Å². The molecule has 0 saturated carbocycles. The molecule has 31 heavy (non-hydrogen) atoms. The maximum absolute atomic E-state index is 13.0. The van der Waals surface area contributed by atoms with Crippen LogP contribution < -0.4 is 14.9 Å². The first kappa shape index (κ1) is 22.1. The van der Waals surface area contributed by atoms with Crippen LogP contribution in [0.4, 0.5) is 23.2 Å². The second-order valence-corrected chi connectivity index (χ2v) is 6.50. The highest BCUT2D eigenvalue weighted by molar-refractivity contribution is 5.81. The van der Waals surface area contributed by atoms with Crippen LogP contribution in [0.25, 0.3) is 0 Å². The van der Waals surface area contributed by atoms with Crippen LogP contribution in [0, 0.1) is 5.82 Å². The van der Waals surface area contributed by atoms with Crippen molar-refractivity contribution >= 4 is 11.9 Å². The van der Waals surface area contributed by atoms with Gasteiger partial charge in [0, 0.05) is 0 Å². The van der Waals surface area contributed by atoms with Gasteiger partial charge in [0.1, 0.15) is 12.4 Å². The molecule has 0 saturated heterocycles. The van der Waals surface area contributed by atoms with Crippen molar-refractivity contribution in [2.75, 3.05) is 12.0 Å². The number of hydrogen-bond donors (Lipinski definition) is 1. The minimum Gasteiger partial charge on any atom is -0.490 e. The molecule has 0 fully saturated rings. The Morgan fingerprint density at radius 2 is 1.61 bits per heavy atom. The molecule has 3 rings (SSSR count). The minimum atomic E-state index is -4.38. The summed E-state index contributed by atoms with van der Waals surface area (Å²) >= 11 is 0. The number of benzene rings is 3. The van der Waals surface area contributed by atoms with Crippen molar-refractivity contribution in [3.8, 4) is 11.5 Å². The van der Waals surface area contributed by atoms with Crippen LogP contribution in [0.3, 0.4) is 0 Å². The molecule has 0 bridgehead atoms. The third-order valence-corrected chi connectivity index (χ3v) is 4.19. The molecule has 0 aliphatic rings. The number of ether oxygens (including phenoxy) is 2. The molecule has 4 nitrogen and oxygen atoms in total. The zero-order valence-electron chi connectivity index (χ0n) is 16.6. The number of nitrogens with zero attached hydrogens (tertiary/aromatic N) is 1. The van der Waals surface area contributed by atoms with Crippen molar-refractivity contribution in [3.63, 3.8) is 0 Å². The first-order valence-corrected chi connectivity index (χ1v) is 9.45. The van der Waals surface area contributed by atoms with Crippen LogP contribution in [0.2, 0.25) is 0 Å². The van der Waals surface area contributed by atoms with E-state index in [2.05, 4.69) is 10.5 Å². The van der Waals surface area contributed by atoms with Crippen LogP contribution in [-0.2, 0) is 12.8 Å². The van der Waals surface area contributed by atoms with Crippen LogP contribution in [0.5, 0.6) is 11.5 Å². The second kappa shape index (κ2) is 9.97. The number of anilines is 1. The predicted molar refractivity (Wildman–Crippen MR) is 111 cm³/mol. The van der Waals surface area contributed by atoms with Gasteiger partial charge in [0.25, 0.3) is 0 Å². The van der Waals surface area contributed by atoms with Gasteiger partial charge in [-0.3, -0.25) is 5.43 Å². The molecule has 0 amide bonds. The van der Waals surface area contributed by atoms with Crippen LogP contribution in [0.1, 0.15) is 23.6 Å². The molecule has 162 valence electrons. The highest BCUT2D eigenvalue weighted by Gasteiger charge is 2.29. The summed E-state index contributed by atoms with van der Waals surface area (Å²) in [6, 6.07) is 15.8. The predicted octanol–water partition coefficient (Wildman–Crippen LogP) is 6.27. The summed E-state index contributed by atoms with van der Waals surface area (Å²) in [5.74, 6) is 0.731. The average molecular weight is 432 g/mol. The Hall–Kier alpha value is -3.55. The van der Waals surface area contributed by atoms with Crippen molar-refractivity contribution in [2.24, 2.45) is 5.10 Å². The Morgan fingerprint density at radius 1 is 0.903 bits per heavy atom. The lowest BCUT2D eigenvalue weighted by Crippen LogP contribution is -2.04. The number of nitrogens with one attached hydrogen (secondary N) is 1. The molecule has 0 radical (unpaired) electrons. The number of rotatable bonds is 8. The number of hydrazone groups is 1. The SMILES string of the molecule is CCOc1cc(/C=N/Nc2ccc(C(F)(F)F)cc2)ccc1OCc1ccc(F)cc1. The topological polar surface area (TPSA) is 42.8 Å². The third-order valence-electron chi connectivity index (χ3n) is 4.19. The smallest absolute Gasteiger partial charge is 0.416 e. The summed E-state index contributed by atoms with van der Waals surface area (Å²) in [6.45, 7) is 2.53. The molecular weight excluding hydrogens is 412 g/mol. The second-order valence-electron chi connectivity index (χ2n) is 6.50. The molecule has 0 unspecified atom stereocenters. The van der Waals surface area contributed by atoms with Gasteiger partial charge in [-0.25, -0.2) is 4.39 Å². The minimum absolute atomic E-state index is 0.253. The molecule has 0 atom stereocenters. The maximum atomic E-state index is 13.0. The molecule has 0 aliphatic carbocycles. The molecular formula is C23H20F4N2O2. The van der Waals surface area contributed by atoms with Gasteiger partial charge >= 0.3 is 6.18 Å². The van der Waals surface area contributed by atoms with E-state index in [0.717, 1.165) is 17.7 Å². The van der Waals surface area contributed by atoms with Gasteiger partial charge in [0.05, 0.1) is 24.1 Å². The fourth-order valence-electron chi connectivity index (χ4n) is 2.65. The van der Waals surface area contributed by atoms with E-state index in [-0.39, 0.29) is 12.4 Å². The molecule has 0 spiro atoms. The van der Waals surface area contributed by atoms with Gasteiger partial charge < -0.3 is 9.47 Å². The zero-order chi connectivity index (χ0) is 22.3. The zero-order valence-corrected chi connectivity index (χ0v) is 16.6. The molecule has 1 N–H and O–H groups in total. The van der Waals surface area contributed by atoms with Gasteiger partial charge in [-0.1, -0.05) is 12.1 Å². The summed E-state index contributed by atoms with van der Waals surface area (Å²) in [7, 11) is 0. The van der Waals surface area contributed by atoms with Crippen LogP contribution >= 0.6 is 0 Å². The lowest BCUT2D eigenvalue weighted by atomic mass is 10.2. The van der Waals surface area contributed by atoms with Gasteiger partial charge in [0.15, 0.2) is 11.5 Å². The van der Waals surface area contributed by atoms with Gasteiger partial charge in [-0.2, -0.15) is 18.3 Å². The van der Waals surface area contributed by atoms with Gasteiger partial charge in [0.2, 0.25) is 0 Å².